The molecule has 0 bridgehead atoms. The third-order valence-corrected chi connectivity index (χ3v) is 7.87. The van der Waals surface area contributed by atoms with Crippen LogP contribution in [0.2, 0.25) is 0 Å². The Morgan fingerprint density at radius 1 is 1.08 bits per heavy atom. The molecule has 0 saturated heterocycles. The number of allylic oxidation sites excluding steroid dienone is 1. The lowest BCUT2D eigenvalue weighted by atomic mass is 9.47. The monoisotopic (exact) mass is 357 g/mol. The van der Waals surface area contributed by atoms with Crippen LogP contribution in [0.5, 0.6) is 0 Å². The number of primary amides is 1. The van der Waals surface area contributed by atoms with Crippen molar-refractivity contribution in [3.8, 4) is 0 Å². The van der Waals surface area contributed by atoms with Crippen LogP contribution in [0.1, 0.15) is 65.2 Å². The quantitative estimate of drug-likeness (QED) is 0.726. The van der Waals surface area contributed by atoms with E-state index in [1.165, 1.54) is 18.4 Å². The molecule has 0 aromatic carbocycles. The molecule has 2 N–H and O–H groups in total. The van der Waals surface area contributed by atoms with Crippen LogP contribution in [0.15, 0.2) is 24.3 Å². The van der Waals surface area contributed by atoms with E-state index in [9.17, 15) is 14.4 Å². The lowest BCUT2D eigenvalue weighted by Crippen LogP contribution is -2.50. The number of carbonyl (C=O) groups is 3. The van der Waals surface area contributed by atoms with Crippen molar-refractivity contribution >= 4 is 17.5 Å². The highest BCUT2D eigenvalue weighted by Crippen LogP contribution is 2.64. The zero-order chi connectivity index (χ0) is 19.1. The van der Waals surface area contributed by atoms with E-state index in [1.54, 1.807) is 0 Å². The third-order valence-electron chi connectivity index (χ3n) is 7.87. The van der Waals surface area contributed by atoms with E-state index in [4.69, 9.17) is 0 Å². The maximum Gasteiger partial charge on any atom is 0.240 e. The van der Waals surface area contributed by atoms with Gasteiger partial charge in [-0.2, -0.15) is 0 Å². The van der Waals surface area contributed by atoms with Crippen molar-refractivity contribution in [3.05, 3.63) is 24.3 Å². The van der Waals surface area contributed by atoms with Crippen LogP contribution in [0.4, 0.5) is 0 Å². The zero-order valence-corrected chi connectivity index (χ0v) is 16.1. The molecule has 26 heavy (non-hydrogen) atoms. The summed E-state index contributed by atoms with van der Waals surface area (Å²) >= 11 is 0. The molecule has 4 rings (SSSR count). The molecule has 0 aromatic heterocycles. The number of fused-ring (bicyclic) bond motifs is 5. The molecular formula is C22H31NO3. The molecule has 0 radical (unpaired) electrons. The van der Waals surface area contributed by atoms with Gasteiger partial charge in [-0.25, -0.2) is 0 Å². The molecule has 0 aromatic rings. The number of rotatable bonds is 1. The van der Waals surface area contributed by atoms with Gasteiger partial charge in [-0.15, -0.1) is 0 Å². The van der Waals surface area contributed by atoms with Crippen LogP contribution in [0.25, 0.3) is 0 Å². The van der Waals surface area contributed by atoms with Gasteiger partial charge in [0.1, 0.15) is 5.78 Å². The number of carbonyl (C=O) groups excluding carboxylic acids is 3. The summed E-state index contributed by atoms with van der Waals surface area (Å²) in [5.41, 5.74) is 6.17. The summed E-state index contributed by atoms with van der Waals surface area (Å²) in [5.74, 6) is 2.40. The van der Waals surface area contributed by atoms with Gasteiger partial charge >= 0.3 is 0 Å². The second kappa shape index (κ2) is 6.79. The molecule has 0 unspecified atom stereocenters. The fourth-order valence-corrected chi connectivity index (χ4v) is 6.33. The molecular weight excluding hydrogens is 326 g/mol. The van der Waals surface area contributed by atoms with Crippen LogP contribution in [0.3, 0.4) is 0 Å². The van der Waals surface area contributed by atoms with Gasteiger partial charge < -0.3 is 5.73 Å². The van der Waals surface area contributed by atoms with Crippen molar-refractivity contribution in [2.75, 3.05) is 0 Å². The van der Waals surface area contributed by atoms with Crippen molar-refractivity contribution < 1.29 is 14.4 Å². The van der Waals surface area contributed by atoms with Crippen LogP contribution in [0, 0.1) is 28.6 Å². The van der Waals surface area contributed by atoms with Crippen LogP contribution >= 0.6 is 0 Å². The number of ketones is 2. The minimum atomic E-state index is -0.481. The Morgan fingerprint density at radius 2 is 1.73 bits per heavy atom. The molecule has 4 aliphatic rings. The van der Waals surface area contributed by atoms with Gasteiger partial charge in [-0.05, 0) is 73.8 Å². The number of hydrogen-bond donors (Lipinski definition) is 1. The van der Waals surface area contributed by atoms with Crippen molar-refractivity contribution in [1.82, 2.24) is 0 Å². The van der Waals surface area contributed by atoms with Crippen molar-refractivity contribution in [3.63, 3.8) is 0 Å². The summed E-state index contributed by atoms with van der Waals surface area (Å²) in [6.45, 7) is 7.73. The SMILES string of the molecule is C=CC(N)=O.C[C@]12CCC(=O)C=C1CC[C@@H]1[C@@H]2CC[C@]2(C)C(=O)CC[C@@H]12. The molecule has 1 amide bonds. The summed E-state index contributed by atoms with van der Waals surface area (Å²) in [4.78, 5) is 33.6. The molecule has 4 aliphatic carbocycles. The normalized spacial score (nSPS) is 41.0. The highest BCUT2D eigenvalue weighted by molar-refractivity contribution is 5.91. The molecule has 0 spiro atoms. The second-order valence-corrected chi connectivity index (χ2v) is 8.99. The Morgan fingerprint density at radius 3 is 2.38 bits per heavy atom. The van der Waals surface area contributed by atoms with E-state index < -0.39 is 5.91 Å². The van der Waals surface area contributed by atoms with E-state index in [0.717, 1.165) is 44.6 Å². The molecule has 5 atom stereocenters. The highest BCUT2D eigenvalue weighted by atomic mass is 16.1. The Bertz CT molecular complexity index is 679. The van der Waals surface area contributed by atoms with Crippen LogP contribution in [-0.4, -0.2) is 17.5 Å². The van der Waals surface area contributed by atoms with Gasteiger partial charge in [-0.1, -0.05) is 26.0 Å². The van der Waals surface area contributed by atoms with Crippen molar-refractivity contribution in [2.24, 2.45) is 34.3 Å². The summed E-state index contributed by atoms with van der Waals surface area (Å²) in [5, 5.41) is 0. The van der Waals surface area contributed by atoms with E-state index in [2.05, 4.69) is 26.2 Å². The largest absolute Gasteiger partial charge is 0.366 e. The van der Waals surface area contributed by atoms with Gasteiger partial charge in [0, 0.05) is 18.3 Å². The summed E-state index contributed by atoms with van der Waals surface area (Å²) in [7, 11) is 0. The van der Waals surface area contributed by atoms with Gasteiger partial charge in [0.05, 0.1) is 0 Å². The average Bonchev–Trinajstić information content (AvgIpc) is 2.91. The van der Waals surface area contributed by atoms with Crippen molar-refractivity contribution in [2.45, 2.75) is 65.2 Å². The Hall–Kier alpha value is -1.71. The predicted octanol–water partition coefficient (Wildman–Crippen LogP) is 3.75. The second-order valence-electron chi connectivity index (χ2n) is 8.99. The highest BCUT2D eigenvalue weighted by Gasteiger charge is 2.58. The number of Topliss-reactive ketones (excluding diaryl/α,β-unsaturated/α-hetero) is 1. The Kier molecular flexibility index (Phi) is 4.98. The molecule has 3 fully saturated rings. The van der Waals surface area contributed by atoms with Gasteiger partial charge in [0.25, 0.3) is 0 Å². The van der Waals surface area contributed by atoms with E-state index >= 15 is 0 Å². The first-order chi connectivity index (χ1) is 12.2. The topological polar surface area (TPSA) is 77.2 Å². The first-order valence-corrected chi connectivity index (χ1v) is 9.91. The minimum Gasteiger partial charge on any atom is -0.366 e. The first kappa shape index (κ1) is 19.1. The fourth-order valence-electron chi connectivity index (χ4n) is 6.33. The molecule has 4 nitrogen and oxygen atoms in total. The first-order valence-electron chi connectivity index (χ1n) is 9.91. The summed E-state index contributed by atoms with van der Waals surface area (Å²) in [6.07, 6.45) is 11.3. The smallest absolute Gasteiger partial charge is 0.240 e. The molecule has 142 valence electrons. The number of hydrogen-bond acceptors (Lipinski definition) is 3. The van der Waals surface area contributed by atoms with Gasteiger partial charge in [0.2, 0.25) is 5.91 Å². The standard InChI is InChI=1S/C19H26O2.C3H5NO/c1-18-9-7-13(20)11-12(18)3-4-14-15-5-6-17(21)19(15,2)10-8-16(14)18;1-2-3(4)5/h11,14-16H,3-10H2,1-2H3;2H,1H2,(H2,4,5)/t14-,15-,16-,18-,19-;/m0./s1. The van der Waals surface area contributed by atoms with Crippen molar-refractivity contribution in [1.29, 1.82) is 0 Å². The minimum absolute atomic E-state index is 0.0246. The maximum atomic E-state index is 12.4. The number of amides is 1. The number of nitrogens with two attached hydrogens (primary N) is 1. The van der Waals surface area contributed by atoms with Crippen LogP contribution in [-0.2, 0) is 14.4 Å². The maximum absolute atomic E-state index is 12.4. The Labute approximate surface area is 156 Å². The van der Waals surface area contributed by atoms with E-state index in [-0.39, 0.29) is 10.8 Å². The predicted molar refractivity (Wildman–Crippen MR) is 101 cm³/mol. The molecule has 0 heterocycles. The van der Waals surface area contributed by atoms with Crippen LogP contribution < -0.4 is 5.73 Å². The fraction of sp³-hybridized carbons (Fsp3) is 0.682. The molecule has 3 saturated carbocycles. The summed E-state index contributed by atoms with van der Waals surface area (Å²) < 4.78 is 0. The lowest BCUT2D eigenvalue weighted by Gasteiger charge is -2.56. The van der Waals surface area contributed by atoms with Gasteiger partial charge in [-0.3, -0.25) is 14.4 Å². The van der Waals surface area contributed by atoms with E-state index in [1.807, 2.05) is 6.08 Å². The lowest BCUT2D eigenvalue weighted by molar-refractivity contribution is -0.132. The molecule has 0 aliphatic heterocycles. The Balaban J connectivity index is 0.000000349. The summed E-state index contributed by atoms with van der Waals surface area (Å²) in [6, 6.07) is 0. The molecule has 4 heteroatoms. The zero-order valence-electron chi connectivity index (χ0n) is 16.1. The van der Waals surface area contributed by atoms with E-state index in [0.29, 0.717) is 29.3 Å². The third kappa shape index (κ3) is 2.97. The average molecular weight is 357 g/mol. The van der Waals surface area contributed by atoms with Gasteiger partial charge in [0.15, 0.2) is 5.78 Å².